The smallest absolute Gasteiger partial charge is 0.257 e. The SMILES string of the molecule is O=[SH](=O)OCCc1ccc(Cl)cc1. The Morgan fingerprint density at radius 2 is 1.85 bits per heavy atom. The van der Waals surface area contributed by atoms with Gasteiger partial charge in [-0.15, -0.1) is 0 Å². The molecule has 0 aliphatic heterocycles. The summed E-state index contributed by atoms with van der Waals surface area (Å²) < 4.78 is 24.5. The van der Waals surface area contributed by atoms with Crippen molar-refractivity contribution in [1.29, 1.82) is 0 Å². The summed E-state index contributed by atoms with van der Waals surface area (Å²) in [5.41, 5.74) is 1.00. The first-order valence-corrected chi connectivity index (χ1v) is 5.17. The number of benzene rings is 1. The maximum atomic E-state index is 10.0. The zero-order valence-corrected chi connectivity index (χ0v) is 8.42. The van der Waals surface area contributed by atoms with Gasteiger partial charge in [-0.1, -0.05) is 23.7 Å². The second kappa shape index (κ2) is 5.21. The minimum Gasteiger partial charge on any atom is -0.272 e. The molecule has 0 radical (unpaired) electrons. The zero-order chi connectivity index (χ0) is 9.68. The van der Waals surface area contributed by atoms with Crippen LogP contribution in [0.25, 0.3) is 0 Å². The van der Waals surface area contributed by atoms with Gasteiger partial charge in [0.1, 0.15) is 0 Å². The maximum Gasteiger partial charge on any atom is 0.257 e. The fourth-order valence-corrected chi connectivity index (χ4v) is 1.26. The Morgan fingerprint density at radius 1 is 1.23 bits per heavy atom. The summed E-state index contributed by atoms with van der Waals surface area (Å²) >= 11 is 5.67. The van der Waals surface area contributed by atoms with E-state index >= 15 is 0 Å². The number of hydrogen-bond acceptors (Lipinski definition) is 3. The van der Waals surface area contributed by atoms with Crippen LogP contribution in [0.5, 0.6) is 0 Å². The molecule has 0 N–H and O–H groups in total. The minimum atomic E-state index is -2.73. The van der Waals surface area contributed by atoms with Crippen LogP contribution in [-0.4, -0.2) is 15.0 Å². The molecule has 72 valence electrons. The van der Waals surface area contributed by atoms with E-state index in [1.807, 2.05) is 12.1 Å². The number of thiol groups is 1. The third-order valence-corrected chi connectivity index (χ3v) is 2.15. The molecule has 5 heteroatoms. The van der Waals surface area contributed by atoms with Crippen molar-refractivity contribution < 1.29 is 12.6 Å². The second-order valence-corrected chi connectivity index (χ2v) is 3.58. The first kappa shape index (κ1) is 10.5. The molecule has 0 fully saturated rings. The van der Waals surface area contributed by atoms with Gasteiger partial charge >= 0.3 is 0 Å². The first-order valence-electron chi connectivity index (χ1n) is 3.70. The molecule has 0 aliphatic rings. The molecule has 0 heterocycles. The van der Waals surface area contributed by atoms with Gasteiger partial charge in [0.05, 0.1) is 6.61 Å². The Labute approximate surface area is 83.4 Å². The minimum absolute atomic E-state index is 0.181. The quantitative estimate of drug-likeness (QED) is 0.781. The van der Waals surface area contributed by atoms with Gasteiger partial charge < -0.3 is 0 Å². The molecule has 0 aliphatic carbocycles. The molecule has 3 nitrogen and oxygen atoms in total. The van der Waals surface area contributed by atoms with Crippen molar-refractivity contribution in [3.05, 3.63) is 34.9 Å². The lowest BCUT2D eigenvalue weighted by molar-refractivity contribution is 0.337. The summed E-state index contributed by atoms with van der Waals surface area (Å²) in [6.45, 7) is 0.181. The Kier molecular flexibility index (Phi) is 4.21. The van der Waals surface area contributed by atoms with E-state index in [2.05, 4.69) is 4.18 Å². The number of rotatable bonds is 4. The molecule has 0 amide bonds. The second-order valence-electron chi connectivity index (χ2n) is 2.43. The fourth-order valence-electron chi connectivity index (χ4n) is 0.889. The monoisotopic (exact) mass is 220 g/mol. The van der Waals surface area contributed by atoms with Gasteiger partial charge in [-0.3, -0.25) is 4.18 Å². The molecule has 0 atom stereocenters. The Morgan fingerprint density at radius 3 is 2.38 bits per heavy atom. The molecule has 0 unspecified atom stereocenters. The average Bonchev–Trinajstić information content (AvgIpc) is 2.08. The Bertz CT molecular complexity index is 324. The van der Waals surface area contributed by atoms with E-state index in [1.54, 1.807) is 12.1 Å². The van der Waals surface area contributed by atoms with Gasteiger partial charge in [-0.2, -0.15) is 0 Å². The molecule has 13 heavy (non-hydrogen) atoms. The number of halogens is 1. The molecule has 1 aromatic rings. The fraction of sp³-hybridized carbons (Fsp3) is 0.250. The van der Waals surface area contributed by atoms with Crippen LogP contribution in [0, 0.1) is 0 Å². The van der Waals surface area contributed by atoms with Gasteiger partial charge in [-0.05, 0) is 24.1 Å². The van der Waals surface area contributed by atoms with Gasteiger partial charge in [0, 0.05) is 5.02 Å². The lowest BCUT2D eigenvalue weighted by Gasteiger charge is -1.98. The van der Waals surface area contributed by atoms with Gasteiger partial charge in [0.2, 0.25) is 0 Å². The highest BCUT2D eigenvalue weighted by Gasteiger charge is 1.93. The lowest BCUT2D eigenvalue weighted by Crippen LogP contribution is -1.96. The molecular formula is C8H9ClO3S. The standard InChI is InChI=1S/C8H9ClO3S/c9-8-3-1-7(2-4-8)5-6-12-13(10)11/h1-4,13H,5-6H2. The van der Waals surface area contributed by atoms with Crippen LogP contribution >= 0.6 is 11.6 Å². The first-order chi connectivity index (χ1) is 6.18. The highest BCUT2D eigenvalue weighted by Crippen LogP contribution is 2.09. The summed E-state index contributed by atoms with van der Waals surface area (Å²) in [5.74, 6) is 0. The van der Waals surface area contributed by atoms with E-state index in [4.69, 9.17) is 11.6 Å². The molecule has 1 rings (SSSR count). The van der Waals surface area contributed by atoms with Crippen LogP contribution in [0.2, 0.25) is 5.02 Å². The lowest BCUT2D eigenvalue weighted by atomic mass is 10.2. The van der Waals surface area contributed by atoms with Crippen LogP contribution in [-0.2, 0) is 21.6 Å². The van der Waals surface area contributed by atoms with E-state index in [-0.39, 0.29) is 6.61 Å². The molecule has 0 aromatic heterocycles. The van der Waals surface area contributed by atoms with Crippen molar-refractivity contribution in [3.63, 3.8) is 0 Å². The predicted octanol–water partition coefficient (Wildman–Crippen LogP) is 1.43. The molecular weight excluding hydrogens is 212 g/mol. The number of hydrogen-bond donors (Lipinski definition) is 1. The maximum absolute atomic E-state index is 10.0. The molecule has 0 saturated carbocycles. The Hall–Kier alpha value is -0.580. The molecule has 0 spiro atoms. The van der Waals surface area contributed by atoms with Crippen molar-refractivity contribution in [1.82, 2.24) is 0 Å². The summed E-state index contributed by atoms with van der Waals surface area (Å²) in [6.07, 6.45) is 0.570. The van der Waals surface area contributed by atoms with Crippen molar-refractivity contribution in [3.8, 4) is 0 Å². The van der Waals surface area contributed by atoms with E-state index in [1.165, 1.54) is 0 Å². The van der Waals surface area contributed by atoms with Crippen molar-refractivity contribution in [2.45, 2.75) is 6.42 Å². The largest absolute Gasteiger partial charge is 0.272 e. The van der Waals surface area contributed by atoms with Crippen molar-refractivity contribution >= 4 is 22.6 Å². The predicted molar refractivity (Wildman–Crippen MR) is 51.4 cm³/mol. The average molecular weight is 221 g/mol. The summed E-state index contributed by atoms with van der Waals surface area (Å²) in [7, 11) is -2.73. The summed E-state index contributed by atoms with van der Waals surface area (Å²) in [6, 6.07) is 7.19. The third-order valence-electron chi connectivity index (χ3n) is 1.50. The molecule has 0 saturated heterocycles. The van der Waals surface area contributed by atoms with Gasteiger partial charge in [0.15, 0.2) is 0 Å². The van der Waals surface area contributed by atoms with Gasteiger partial charge in [-0.25, -0.2) is 8.42 Å². The molecule has 1 aromatic carbocycles. The van der Waals surface area contributed by atoms with Crippen LogP contribution in [0.1, 0.15) is 5.56 Å². The van der Waals surface area contributed by atoms with Crippen molar-refractivity contribution in [2.75, 3.05) is 6.61 Å². The van der Waals surface area contributed by atoms with E-state index in [0.717, 1.165) is 5.56 Å². The normalized spacial score (nSPS) is 10.6. The zero-order valence-electron chi connectivity index (χ0n) is 6.77. The van der Waals surface area contributed by atoms with Crippen molar-refractivity contribution in [2.24, 2.45) is 0 Å². The van der Waals surface area contributed by atoms with E-state index in [0.29, 0.717) is 11.4 Å². The topological polar surface area (TPSA) is 43.4 Å². The van der Waals surface area contributed by atoms with Gasteiger partial charge in [0.25, 0.3) is 11.0 Å². The van der Waals surface area contributed by atoms with Crippen LogP contribution in [0.3, 0.4) is 0 Å². The highest BCUT2D eigenvalue weighted by atomic mass is 35.5. The summed E-state index contributed by atoms with van der Waals surface area (Å²) in [5, 5.41) is 0.666. The molecule has 0 bridgehead atoms. The highest BCUT2D eigenvalue weighted by molar-refractivity contribution is 7.67. The van der Waals surface area contributed by atoms with Crippen LogP contribution in [0.4, 0.5) is 0 Å². The summed E-state index contributed by atoms with van der Waals surface area (Å²) in [4.78, 5) is 0. The van der Waals surface area contributed by atoms with Crippen LogP contribution < -0.4 is 0 Å². The van der Waals surface area contributed by atoms with Crippen LogP contribution in [0.15, 0.2) is 24.3 Å². The Balaban J connectivity index is 2.41. The third kappa shape index (κ3) is 4.26. The van der Waals surface area contributed by atoms with E-state index in [9.17, 15) is 8.42 Å². The van der Waals surface area contributed by atoms with E-state index < -0.39 is 11.0 Å².